The van der Waals surface area contributed by atoms with Gasteiger partial charge in [0.15, 0.2) is 15.7 Å². The summed E-state index contributed by atoms with van der Waals surface area (Å²) in [6, 6.07) is 1.69. The fourth-order valence-corrected chi connectivity index (χ4v) is 4.74. The van der Waals surface area contributed by atoms with Crippen molar-refractivity contribution in [2.45, 2.75) is 44.7 Å². The molecule has 0 spiro atoms. The van der Waals surface area contributed by atoms with E-state index in [2.05, 4.69) is 10.4 Å². The number of anilines is 1. The van der Waals surface area contributed by atoms with Gasteiger partial charge in [-0.15, -0.1) is 0 Å². The van der Waals surface area contributed by atoms with E-state index >= 15 is 0 Å². The lowest BCUT2D eigenvalue weighted by molar-refractivity contribution is -0.117. The van der Waals surface area contributed by atoms with Crippen LogP contribution >= 0.6 is 0 Å². The summed E-state index contributed by atoms with van der Waals surface area (Å²) in [6.07, 6.45) is 2.54. The fraction of sp³-hybridized carbons (Fsp3) is 0.733. The van der Waals surface area contributed by atoms with Crippen molar-refractivity contribution in [3.05, 3.63) is 11.8 Å². The second kappa shape index (κ2) is 6.24. The Morgan fingerprint density at radius 1 is 1.43 bits per heavy atom. The summed E-state index contributed by atoms with van der Waals surface area (Å²) < 4.78 is 25.4. The van der Waals surface area contributed by atoms with Gasteiger partial charge in [-0.2, -0.15) is 5.10 Å². The van der Waals surface area contributed by atoms with Crippen LogP contribution in [0.5, 0.6) is 0 Å². The second-order valence-corrected chi connectivity index (χ2v) is 8.77. The molecule has 1 saturated heterocycles. The number of carbonyl (C=O) groups is 1. The molecule has 1 amide bonds. The first-order valence-electron chi connectivity index (χ1n) is 8.16. The molecule has 1 atom stereocenters. The predicted octanol–water partition coefficient (Wildman–Crippen LogP) is 0.838. The van der Waals surface area contributed by atoms with E-state index in [-0.39, 0.29) is 29.9 Å². The summed E-state index contributed by atoms with van der Waals surface area (Å²) in [5.41, 5.74) is 1.18. The number of aromatic nitrogens is 2. The zero-order valence-electron chi connectivity index (χ0n) is 13.7. The molecule has 1 saturated carbocycles. The molecule has 2 heterocycles. The Morgan fingerprint density at radius 3 is 2.83 bits per heavy atom. The molecule has 1 aliphatic carbocycles. The largest absolute Gasteiger partial charge is 0.309 e. The molecule has 1 aliphatic heterocycles. The molecule has 1 unspecified atom stereocenters. The highest BCUT2D eigenvalue weighted by atomic mass is 32.2. The van der Waals surface area contributed by atoms with E-state index in [1.54, 1.807) is 0 Å². The van der Waals surface area contributed by atoms with Crippen molar-refractivity contribution in [3.63, 3.8) is 0 Å². The molecule has 7 nitrogen and oxygen atoms in total. The SMILES string of the molecule is CCn1nc(NC(=O)CC2CS(=O)(=O)CCN2C)cc1C1CC1. The lowest BCUT2D eigenvalue weighted by Gasteiger charge is -2.31. The van der Waals surface area contributed by atoms with Gasteiger partial charge in [-0.05, 0) is 26.8 Å². The van der Waals surface area contributed by atoms with E-state index in [1.165, 1.54) is 18.5 Å². The summed E-state index contributed by atoms with van der Waals surface area (Å²) in [5, 5.41) is 7.25. The van der Waals surface area contributed by atoms with Gasteiger partial charge in [0, 0.05) is 43.2 Å². The predicted molar refractivity (Wildman–Crippen MR) is 88.2 cm³/mol. The van der Waals surface area contributed by atoms with Gasteiger partial charge in [0.25, 0.3) is 0 Å². The monoisotopic (exact) mass is 340 g/mol. The van der Waals surface area contributed by atoms with Crippen molar-refractivity contribution in [2.75, 3.05) is 30.4 Å². The molecule has 0 radical (unpaired) electrons. The molecule has 23 heavy (non-hydrogen) atoms. The highest BCUT2D eigenvalue weighted by molar-refractivity contribution is 7.91. The van der Waals surface area contributed by atoms with Crippen LogP contribution < -0.4 is 5.32 Å². The third kappa shape index (κ3) is 3.92. The molecule has 1 aromatic heterocycles. The molecule has 0 aromatic carbocycles. The van der Waals surface area contributed by atoms with Crippen LogP contribution in [0, 0.1) is 0 Å². The lowest BCUT2D eigenvalue weighted by atomic mass is 10.2. The van der Waals surface area contributed by atoms with Crippen molar-refractivity contribution >= 4 is 21.6 Å². The van der Waals surface area contributed by atoms with Crippen molar-refractivity contribution in [3.8, 4) is 0 Å². The summed E-state index contributed by atoms with van der Waals surface area (Å²) in [7, 11) is -1.17. The van der Waals surface area contributed by atoms with Crippen LogP contribution in [0.25, 0.3) is 0 Å². The van der Waals surface area contributed by atoms with Gasteiger partial charge in [-0.25, -0.2) is 8.42 Å². The Labute approximate surface area is 137 Å². The second-order valence-electron chi connectivity index (χ2n) is 6.55. The third-order valence-electron chi connectivity index (χ3n) is 4.62. The zero-order chi connectivity index (χ0) is 16.6. The van der Waals surface area contributed by atoms with Crippen LogP contribution in [0.15, 0.2) is 6.07 Å². The molecule has 8 heteroatoms. The van der Waals surface area contributed by atoms with E-state index in [4.69, 9.17) is 0 Å². The number of nitrogens with zero attached hydrogens (tertiary/aromatic N) is 3. The topological polar surface area (TPSA) is 84.3 Å². The van der Waals surface area contributed by atoms with Gasteiger partial charge in [-0.1, -0.05) is 0 Å². The van der Waals surface area contributed by atoms with Gasteiger partial charge in [0.1, 0.15) is 0 Å². The minimum Gasteiger partial charge on any atom is -0.309 e. The van der Waals surface area contributed by atoms with Crippen molar-refractivity contribution in [2.24, 2.45) is 0 Å². The van der Waals surface area contributed by atoms with E-state index < -0.39 is 9.84 Å². The molecule has 128 valence electrons. The van der Waals surface area contributed by atoms with Crippen LogP contribution in [0.2, 0.25) is 0 Å². The van der Waals surface area contributed by atoms with Crippen molar-refractivity contribution in [1.29, 1.82) is 0 Å². The minimum absolute atomic E-state index is 0.0493. The molecular weight excluding hydrogens is 316 g/mol. The summed E-state index contributed by atoms with van der Waals surface area (Å²) in [6.45, 7) is 3.30. The highest BCUT2D eigenvalue weighted by Gasteiger charge is 2.31. The standard InChI is InChI=1S/C15H24N4O3S/c1-3-19-13(11-4-5-11)9-14(17-19)16-15(20)8-12-10-23(21,22)7-6-18(12)2/h9,11-12H,3-8,10H2,1-2H3,(H,16,17,20). The first-order valence-corrected chi connectivity index (χ1v) is 9.98. The smallest absolute Gasteiger partial charge is 0.227 e. The molecule has 2 fully saturated rings. The van der Waals surface area contributed by atoms with Crippen LogP contribution in [-0.4, -0.2) is 60.1 Å². The number of amides is 1. The van der Waals surface area contributed by atoms with Gasteiger partial charge in [0.2, 0.25) is 5.91 Å². The van der Waals surface area contributed by atoms with E-state index in [1.807, 2.05) is 29.6 Å². The molecule has 0 bridgehead atoms. The average Bonchev–Trinajstić information content (AvgIpc) is 3.24. The molecule has 2 aliphatic rings. The lowest BCUT2D eigenvalue weighted by Crippen LogP contribution is -2.47. The van der Waals surface area contributed by atoms with E-state index in [0.29, 0.717) is 18.3 Å². The van der Waals surface area contributed by atoms with Crippen LogP contribution in [-0.2, 0) is 21.2 Å². The third-order valence-corrected chi connectivity index (χ3v) is 6.32. The minimum atomic E-state index is -3.03. The van der Waals surface area contributed by atoms with Gasteiger partial charge in [-0.3, -0.25) is 9.48 Å². The van der Waals surface area contributed by atoms with Crippen LogP contribution in [0.3, 0.4) is 0 Å². The normalized spacial score (nSPS) is 24.5. The number of hydrogen-bond acceptors (Lipinski definition) is 5. The maximum absolute atomic E-state index is 12.2. The Hall–Kier alpha value is -1.41. The zero-order valence-corrected chi connectivity index (χ0v) is 14.5. The summed E-state index contributed by atoms with van der Waals surface area (Å²) in [4.78, 5) is 14.2. The summed E-state index contributed by atoms with van der Waals surface area (Å²) >= 11 is 0. The number of aryl methyl sites for hydroxylation is 1. The number of rotatable bonds is 5. The summed E-state index contributed by atoms with van der Waals surface area (Å²) in [5.74, 6) is 1.19. The Bertz CT molecular complexity index is 694. The van der Waals surface area contributed by atoms with Gasteiger partial charge < -0.3 is 10.2 Å². The Balaban J connectivity index is 1.63. The average molecular weight is 340 g/mol. The van der Waals surface area contributed by atoms with Crippen LogP contribution in [0.1, 0.15) is 37.8 Å². The number of sulfone groups is 1. The first-order chi connectivity index (χ1) is 10.9. The quantitative estimate of drug-likeness (QED) is 0.858. The van der Waals surface area contributed by atoms with Gasteiger partial charge >= 0.3 is 0 Å². The first kappa shape index (κ1) is 16.4. The maximum atomic E-state index is 12.2. The maximum Gasteiger partial charge on any atom is 0.227 e. The van der Waals surface area contributed by atoms with Crippen LogP contribution in [0.4, 0.5) is 5.82 Å². The number of nitrogens with one attached hydrogen (secondary N) is 1. The highest BCUT2D eigenvalue weighted by Crippen LogP contribution is 2.40. The molecule has 3 rings (SSSR count). The molecule has 1 N–H and O–H groups in total. The van der Waals surface area contributed by atoms with E-state index in [0.717, 1.165) is 6.54 Å². The Morgan fingerprint density at radius 2 is 2.17 bits per heavy atom. The van der Waals surface area contributed by atoms with Crippen molar-refractivity contribution < 1.29 is 13.2 Å². The van der Waals surface area contributed by atoms with E-state index in [9.17, 15) is 13.2 Å². The number of hydrogen-bond donors (Lipinski definition) is 1. The van der Waals surface area contributed by atoms with Gasteiger partial charge in [0.05, 0.1) is 11.5 Å². The molecular formula is C15H24N4O3S. The fourth-order valence-electron chi connectivity index (χ4n) is 3.05. The van der Waals surface area contributed by atoms with Crippen molar-refractivity contribution in [1.82, 2.24) is 14.7 Å². The Kier molecular flexibility index (Phi) is 4.46. The molecule has 1 aromatic rings. The number of carbonyl (C=O) groups excluding carboxylic acids is 1.